The molecule has 15 heavy (non-hydrogen) atoms. The summed E-state index contributed by atoms with van der Waals surface area (Å²) < 4.78 is 0. The Labute approximate surface area is 93.9 Å². The van der Waals surface area contributed by atoms with Crippen LogP contribution in [0.1, 0.15) is 27.2 Å². The summed E-state index contributed by atoms with van der Waals surface area (Å²) in [6.45, 7) is 9.32. The van der Waals surface area contributed by atoms with Crippen molar-refractivity contribution in [3.63, 3.8) is 0 Å². The lowest BCUT2D eigenvalue weighted by Crippen LogP contribution is -2.51. The topological polar surface area (TPSA) is 35.5 Å². The van der Waals surface area contributed by atoms with E-state index in [0.717, 1.165) is 18.4 Å². The Bertz CT molecular complexity index is 182. The van der Waals surface area contributed by atoms with Gasteiger partial charge in [0.15, 0.2) is 0 Å². The maximum atomic E-state index is 9.19. The second-order valence-electron chi connectivity index (χ2n) is 5.18. The van der Waals surface area contributed by atoms with E-state index < -0.39 is 0 Å². The van der Waals surface area contributed by atoms with Crippen molar-refractivity contribution in [2.75, 3.05) is 26.7 Å². The molecule has 0 aliphatic carbocycles. The van der Waals surface area contributed by atoms with Gasteiger partial charge in [0.2, 0.25) is 0 Å². The molecule has 2 N–H and O–H groups in total. The fourth-order valence-corrected chi connectivity index (χ4v) is 2.60. The van der Waals surface area contributed by atoms with Crippen molar-refractivity contribution in [1.82, 2.24) is 10.2 Å². The van der Waals surface area contributed by atoms with Gasteiger partial charge in [0.25, 0.3) is 0 Å². The predicted molar refractivity (Wildman–Crippen MR) is 63.9 cm³/mol. The van der Waals surface area contributed by atoms with E-state index in [-0.39, 0.29) is 12.6 Å². The molecule has 1 saturated heterocycles. The van der Waals surface area contributed by atoms with Crippen molar-refractivity contribution in [2.45, 2.75) is 39.3 Å². The number of rotatable bonds is 4. The summed E-state index contributed by atoms with van der Waals surface area (Å²) in [6.07, 6.45) is 1.33. The average Bonchev–Trinajstić information content (AvgIpc) is 2.21. The summed E-state index contributed by atoms with van der Waals surface area (Å²) >= 11 is 0. The molecule has 4 unspecified atom stereocenters. The predicted octanol–water partition coefficient (Wildman–Crippen LogP) is 0.933. The van der Waals surface area contributed by atoms with Crippen molar-refractivity contribution in [3.05, 3.63) is 0 Å². The van der Waals surface area contributed by atoms with Gasteiger partial charge < -0.3 is 10.4 Å². The van der Waals surface area contributed by atoms with Crippen LogP contribution in [0, 0.1) is 11.8 Å². The number of nitrogens with one attached hydrogen (secondary N) is 1. The highest BCUT2D eigenvalue weighted by Gasteiger charge is 2.29. The highest BCUT2D eigenvalue weighted by molar-refractivity contribution is 4.84. The molecule has 1 aliphatic rings. The van der Waals surface area contributed by atoms with Crippen molar-refractivity contribution >= 4 is 0 Å². The van der Waals surface area contributed by atoms with E-state index in [1.165, 1.54) is 13.0 Å². The Hall–Kier alpha value is -0.120. The van der Waals surface area contributed by atoms with Gasteiger partial charge in [-0.25, -0.2) is 0 Å². The molecule has 1 fully saturated rings. The lowest BCUT2D eigenvalue weighted by molar-refractivity contribution is 0.0626. The number of likely N-dealkylation sites (N-methyl/N-ethyl adjacent to an activating group) is 1. The quantitative estimate of drug-likeness (QED) is 0.731. The molecule has 0 bridgehead atoms. The number of hydrogen-bond acceptors (Lipinski definition) is 3. The molecule has 0 aromatic rings. The average molecular weight is 214 g/mol. The van der Waals surface area contributed by atoms with Crippen LogP contribution in [-0.4, -0.2) is 48.8 Å². The highest BCUT2D eigenvalue weighted by Crippen LogP contribution is 2.26. The number of aliphatic hydroxyl groups is 1. The van der Waals surface area contributed by atoms with Gasteiger partial charge in [-0.1, -0.05) is 13.8 Å². The van der Waals surface area contributed by atoms with Crippen LogP contribution >= 0.6 is 0 Å². The fourth-order valence-electron chi connectivity index (χ4n) is 2.60. The number of likely N-dealkylation sites (tertiary alicyclic amines) is 1. The molecule has 3 nitrogen and oxygen atoms in total. The zero-order valence-electron chi connectivity index (χ0n) is 10.5. The standard InChI is InChI=1S/C12H26N2O/c1-9-5-10(2)11(3)14(6-9)7-12(8-15)13-4/h9-13,15H,5-8H2,1-4H3. The third-order valence-electron chi connectivity index (χ3n) is 3.80. The molecule has 1 heterocycles. The lowest BCUT2D eigenvalue weighted by Gasteiger charge is -2.42. The van der Waals surface area contributed by atoms with Crippen molar-refractivity contribution in [3.8, 4) is 0 Å². The van der Waals surface area contributed by atoms with E-state index in [0.29, 0.717) is 6.04 Å². The summed E-state index contributed by atoms with van der Waals surface area (Å²) in [6, 6.07) is 0.855. The molecule has 4 atom stereocenters. The van der Waals surface area contributed by atoms with Crippen LogP contribution in [0.4, 0.5) is 0 Å². The zero-order valence-corrected chi connectivity index (χ0v) is 10.5. The Balaban J connectivity index is 2.51. The summed E-state index contributed by atoms with van der Waals surface area (Å²) in [7, 11) is 1.92. The maximum Gasteiger partial charge on any atom is 0.0597 e. The summed E-state index contributed by atoms with van der Waals surface area (Å²) in [5.74, 6) is 1.55. The molecular weight excluding hydrogens is 188 g/mol. The van der Waals surface area contributed by atoms with Gasteiger partial charge in [0.05, 0.1) is 6.61 Å². The smallest absolute Gasteiger partial charge is 0.0597 e. The number of aliphatic hydroxyl groups excluding tert-OH is 1. The maximum absolute atomic E-state index is 9.19. The monoisotopic (exact) mass is 214 g/mol. The number of piperidine rings is 1. The van der Waals surface area contributed by atoms with Crippen LogP contribution in [0.5, 0.6) is 0 Å². The number of nitrogens with zero attached hydrogens (tertiary/aromatic N) is 1. The van der Waals surface area contributed by atoms with Crippen LogP contribution in [0.3, 0.4) is 0 Å². The van der Waals surface area contributed by atoms with E-state index >= 15 is 0 Å². The van der Waals surface area contributed by atoms with E-state index in [9.17, 15) is 5.11 Å². The molecule has 0 aromatic carbocycles. The van der Waals surface area contributed by atoms with Crippen molar-refractivity contribution in [2.24, 2.45) is 11.8 Å². The third kappa shape index (κ3) is 3.44. The fraction of sp³-hybridized carbons (Fsp3) is 1.00. The lowest BCUT2D eigenvalue weighted by atomic mass is 9.86. The highest BCUT2D eigenvalue weighted by atomic mass is 16.3. The first-order valence-electron chi connectivity index (χ1n) is 6.10. The van der Waals surface area contributed by atoms with Gasteiger partial charge >= 0.3 is 0 Å². The van der Waals surface area contributed by atoms with E-state index in [1.807, 2.05) is 7.05 Å². The Morgan fingerprint density at radius 3 is 2.60 bits per heavy atom. The molecule has 0 amide bonds. The minimum atomic E-state index is 0.213. The van der Waals surface area contributed by atoms with Crippen LogP contribution in [0.15, 0.2) is 0 Å². The minimum Gasteiger partial charge on any atom is -0.395 e. The van der Waals surface area contributed by atoms with Gasteiger partial charge in [-0.2, -0.15) is 0 Å². The van der Waals surface area contributed by atoms with E-state index in [4.69, 9.17) is 0 Å². The van der Waals surface area contributed by atoms with Gasteiger partial charge in [0, 0.05) is 25.2 Å². The van der Waals surface area contributed by atoms with Gasteiger partial charge in [0.1, 0.15) is 0 Å². The molecule has 3 heteroatoms. The summed E-state index contributed by atoms with van der Waals surface area (Å²) in [4.78, 5) is 2.51. The number of hydrogen-bond donors (Lipinski definition) is 2. The summed E-state index contributed by atoms with van der Waals surface area (Å²) in [5, 5.41) is 12.3. The first-order chi connectivity index (χ1) is 7.08. The first-order valence-corrected chi connectivity index (χ1v) is 6.10. The van der Waals surface area contributed by atoms with Crippen LogP contribution in [0.2, 0.25) is 0 Å². The van der Waals surface area contributed by atoms with Crippen molar-refractivity contribution < 1.29 is 5.11 Å². The molecule has 0 aromatic heterocycles. The molecule has 0 spiro atoms. The molecule has 90 valence electrons. The van der Waals surface area contributed by atoms with Gasteiger partial charge in [-0.05, 0) is 32.2 Å². The first kappa shape index (κ1) is 12.9. The second kappa shape index (κ2) is 5.83. The van der Waals surface area contributed by atoms with Gasteiger partial charge in [-0.3, -0.25) is 4.90 Å². The van der Waals surface area contributed by atoms with Crippen LogP contribution in [-0.2, 0) is 0 Å². The second-order valence-corrected chi connectivity index (χ2v) is 5.18. The van der Waals surface area contributed by atoms with Gasteiger partial charge in [-0.15, -0.1) is 0 Å². The summed E-state index contributed by atoms with van der Waals surface area (Å²) in [5.41, 5.74) is 0. The molecule has 1 rings (SSSR count). The normalized spacial score (nSPS) is 35.4. The largest absolute Gasteiger partial charge is 0.395 e. The Morgan fingerprint density at radius 1 is 1.40 bits per heavy atom. The SMILES string of the molecule is CNC(CO)CN1CC(C)CC(C)C1C. The van der Waals surface area contributed by atoms with E-state index in [1.54, 1.807) is 0 Å². The third-order valence-corrected chi connectivity index (χ3v) is 3.80. The van der Waals surface area contributed by atoms with Crippen LogP contribution in [0.25, 0.3) is 0 Å². The van der Waals surface area contributed by atoms with Crippen molar-refractivity contribution in [1.29, 1.82) is 0 Å². The molecule has 1 aliphatic heterocycles. The van der Waals surface area contributed by atoms with Crippen LogP contribution < -0.4 is 5.32 Å². The Morgan fingerprint density at radius 2 is 2.07 bits per heavy atom. The Kier molecular flexibility index (Phi) is 5.03. The molecule has 0 radical (unpaired) electrons. The molecule has 0 saturated carbocycles. The zero-order chi connectivity index (χ0) is 11.4. The molecular formula is C12H26N2O. The minimum absolute atomic E-state index is 0.213. The van der Waals surface area contributed by atoms with E-state index in [2.05, 4.69) is 31.0 Å².